The quantitative estimate of drug-likeness (QED) is 0.805. The van der Waals surface area contributed by atoms with E-state index in [-0.39, 0.29) is 17.5 Å². The lowest BCUT2D eigenvalue weighted by molar-refractivity contribution is 0.209. The van der Waals surface area contributed by atoms with Crippen LogP contribution in [0.2, 0.25) is 0 Å². The second-order valence-electron chi connectivity index (χ2n) is 6.04. The van der Waals surface area contributed by atoms with E-state index in [1.54, 1.807) is 31.2 Å². The van der Waals surface area contributed by atoms with Crippen LogP contribution in [-0.2, 0) is 10.0 Å². The molecule has 1 atom stereocenters. The van der Waals surface area contributed by atoms with Crippen LogP contribution < -0.4 is 15.2 Å². The number of nitrogens with two attached hydrogens (primary N) is 1. The summed E-state index contributed by atoms with van der Waals surface area (Å²) in [6.07, 6.45) is 6.37. The van der Waals surface area contributed by atoms with E-state index in [9.17, 15) is 8.42 Å². The molecule has 0 aliphatic heterocycles. The minimum atomic E-state index is -3.51. The monoisotopic (exact) mass is 326 g/mol. The lowest BCUT2D eigenvalue weighted by Crippen LogP contribution is -2.37. The highest BCUT2D eigenvalue weighted by atomic mass is 32.2. The molecular formula is C16H26N2O3S. The van der Waals surface area contributed by atoms with Gasteiger partial charge in [0.05, 0.1) is 11.5 Å². The van der Waals surface area contributed by atoms with Crippen LogP contribution in [0.4, 0.5) is 0 Å². The molecule has 0 unspecified atom stereocenters. The topological polar surface area (TPSA) is 81.4 Å². The van der Waals surface area contributed by atoms with Gasteiger partial charge in [-0.25, -0.2) is 13.1 Å². The third-order valence-corrected chi connectivity index (χ3v) is 5.66. The number of sulfonamides is 1. The van der Waals surface area contributed by atoms with Crippen LogP contribution in [-0.4, -0.2) is 27.6 Å². The van der Waals surface area contributed by atoms with Crippen LogP contribution in [0.5, 0.6) is 5.75 Å². The summed E-state index contributed by atoms with van der Waals surface area (Å²) in [7, 11) is -3.51. The Labute approximate surface area is 133 Å². The van der Waals surface area contributed by atoms with Crippen molar-refractivity contribution >= 4 is 10.0 Å². The predicted molar refractivity (Wildman–Crippen MR) is 87.3 cm³/mol. The Bertz CT molecular complexity index is 551. The zero-order chi connectivity index (χ0) is 16.0. The normalized spacial score (nSPS) is 18.1. The Balaban J connectivity index is 1.92. The van der Waals surface area contributed by atoms with E-state index in [0.29, 0.717) is 12.5 Å². The fourth-order valence-corrected chi connectivity index (χ4v) is 3.92. The summed E-state index contributed by atoms with van der Waals surface area (Å²) in [5, 5.41) is 0. The first-order valence-corrected chi connectivity index (χ1v) is 9.45. The standard InChI is InChI=1S/C16H26N2O3S/c1-13(11-17)18-22(19,20)16-9-7-15(8-10-16)21-12-14-5-3-2-4-6-14/h7-10,13-14,18H,2-6,11-12,17H2,1H3/t13-/m0/s1. The van der Waals surface area contributed by atoms with Crippen molar-refractivity contribution in [2.45, 2.75) is 50.0 Å². The number of benzene rings is 1. The average Bonchev–Trinajstić information content (AvgIpc) is 2.54. The molecule has 0 spiro atoms. The first kappa shape index (κ1) is 17.2. The van der Waals surface area contributed by atoms with E-state index in [0.717, 1.165) is 5.75 Å². The van der Waals surface area contributed by atoms with Gasteiger partial charge < -0.3 is 10.5 Å². The summed E-state index contributed by atoms with van der Waals surface area (Å²) in [6.45, 7) is 2.72. The van der Waals surface area contributed by atoms with Gasteiger partial charge in [-0.2, -0.15) is 0 Å². The van der Waals surface area contributed by atoms with Gasteiger partial charge in [0.1, 0.15) is 5.75 Å². The average molecular weight is 326 g/mol. The van der Waals surface area contributed by atoms with Crippen LogP contribution in [0.1, 0.15) is 39.0 Å². The van der Waals surface area contributed by atoms with Crippen LogP contribution in [0.3, 0.4) is 0 Å². The summed E-state index contributed by atoms with van der Waals surface area (Å²) in [5.41, 5.74) is 5.44. The fraction of sp³-hybridized carbons (Fsp3) is 0.625. The van der Waals surface area contributed by atoms with Gasteiger partial charge in [-0.05, 0) is 49.9 Å². The van der Waals surface area contributed by atoms with E-state index in [1.165, 1.54) is 32.1 Å². The summed E-state index contributed by atoms with van der Waals surface area (Å²) < 4.78 is 32.5. The van der Waals surface area contributed by atoms with Gasteiger partial charge in [0.25, 0.3) is 0 Å². The summed E-state index contributed by atoms with van der Waals surface area (Å²) in [6, 6.07) is 6.28. The number of nitrogens with one attached hydrogen (secondary N) is 1. The first-order chi connectivity index (χ1) is 10.5. The summed E-state index contributed by atoms with van der Waals surface area (Å²) in [4.78, 5) is 0.234. The van der Waals surface area contributed by atoms with Crippen molar-refractivity contribution in [1.29, 1.82) is 0 Å². The molecule has 0 bridgehead atoms. The largest absolute Gasteiger partial charge is 0.493 e. The maximum Gasteiger partial charge on any atom is 0.240 e. The molecule has 5 nitrogen and oxygen atoms in total. The number of ether oxygens (including phenoxy) is 1. The molecule has 1 saturated carbocycles. The van der Waals surface area contributed by atoms with Crippen LogP contribution in [0, 0.1) is 5.92 Å². The molecule has 3 N–H and O–H groups in total. The molecule has 124 valence electrons. The second-order valence-corrected chi connectivity index (χ2v) is 7.76. The van der Waals surface area contributed by atoms with Gasteiger partial charge in [0.2, 0.25) is 10.0 Å². The minimum Gasteiger partial charge on any atom is -0.493 e. The van der Waals surface area contributed by atoms with Gasteiger partial charge in [-0.1, -0.05) is 19.3 Å². The van der Waals surface area contributed by atoms with Gasteiger partial charge in [0.15, 0.2) is 0 Å². The van der Waals surface area contributed by atoms with E-state index in [1.807, 2.05) is 0 Å². The molecule has 0 amide bonds. The first-order valence-electron chi connectivity index (χ1n) is 7.96. The van der Waals surface area contributed by atoms with E-state index < -0.39 is 10.0 Å². The zero-order valence-electron chi connectivity index (χ0n) is 13.1. The highest BCUT2D eigenvalue weighted by Crippen LogP contribution is 2.25. The highest BCUT2D eigenvalue weighted by molar-refractivity contribution is 7.89. The zero-order valence-corrected chi connectivity index (χ0v) is 13.9. The Hall–Kier alpha value is -1.11. The van der Waals surface area contributed by atoms with Crippen molar-refractivity contribution in [1.82, 2.24) is 4.72 Å². The second kappa shape index (κ2) is 7.94. The van der Waals surface area contributed by atoms with E-state index in [2.05, 4.69) is 4.72 Å². The van der Waals surface area contributed by atoms with Gasteiger partial charge in [0, 0.05) is 12.6 Å². The predicted octanol–water partition coefficient (Wildman–Crippen LogP) is 2.27. The van der Waals surface area contributed by atoms with Gasteiger partial charge in [-0.15, -0.1) is 0 Å². The lowest BCUT2D eigenvalue weighted by Gasteiger charge is -2.21. The molecule has 22 heavy (non-hydrogen) atoms. The fourth-order valence-electron chi connectivity index (χ4n) is 2.66. The highest BCUT2D eigenvalue weighted by Gasteiger charge is 2.17. The lowest BCUT2D eigenvalue weighted by atomic mass is 9.90. The molecule has 1 aliphatic rings. The molecule has 1 aromatic carbocycles. The van der Waals surface area contributed by atoms with E-state index in [4.69, 9.17) is 10.5 Å². The third-order valence-electron chi connectivity index (χ3n) is 4.05. The van der Waals surface area contributed by atoms with Crippen molar-refractivity contribution in [2.24, 2.45) is 11.7 Å². The SMILES string of the molecule is C[C@@H](CN)NS(=O)(=O)c1ccc(OCC2CCCCC2)cc1. The molecule has 1 fully saturated rings. The molecule has 1 aliphatic carbocycles. The Morgan fingerprint density at radius 1 is 1.23 bits per heavy atom. The van der Waals surface area contributed by atoms with Crippen molar-refractivity contribution in [3.05, 3.63) is 24.3 Å². The Kier molecular flexibility index (Phi) is 6.23. The molecule has 2 rings (SSSR count). The van der Waals surface area contributed by atoms with Gasteiger partial charge in [-0.3, -0.25) is 0 Å². The molecule has 1 aromatic rings. The van der Waals surface area contributed by atoms with Crippen molar-refractivity contribution in [3.63, 3.8) is 0 Å². The van der Waals surface area contributed by atoms with Crippen molar-refractivity contribution in [3.8, 4) is 5.75 Å². The smallest absolute Gasteiger partial charge is 0.240 e. The molecule has 0 saturated heterocycles. The maximum atomic E-state index is 12.1. The van der Waals surface area contributed by atoms with Crippen molar-refractivity contribution < 1.29 is 13.2 Å². The van der Waals surface area contributed by atoms with Crippen LogP contribution in [0.15, 0.2) is 29.2 Å². The number of hydrogen-bond acceptors (Lipinski definition) is 4. The Morgan fingerprint density at radius 2 is 1.86 bits per heavy atom. The van der Waals surface area contributed by atoms with Gasteiger partial charge >= 0.3 is 0 Å². The molecule has 0 aromatic heterocycles. The minimum absolute atomic E-state index is 0.234. The Morgan fingerprint density at radius 3 is 2.45 bits per heavy atom. The van der Waals surface area contributed by atoms with Crippen LogP contribution >= 0.6 is 0 Å². The van der Waals surface area contributed by atoms with Crippen LogP contribution in [0.25, 0.3) is 0 Å². The molecule has 0 radical (unpaired) electrons. The summed E-state index contributed by atoms with van der Waals surface area (Å²) in [5.74, 6) is 1.35. The molecule has 6 heteroatoms. The maximum absolute atomic E-state index is 12.1. The molecule has 0 heterocycles. The third kappa shape index (κ3) is 4.97. The summed E-state index contributed by atoms with van der Waals surface area (Å²) >= 11 is 0. The van der Waals surface area contributed by atoms with Crippen molar-refractivity contribution in [2.75, 3.05) is 13.2 Å². The number of hydrogen-bond donors (Lipinski definition) is 2. The molecular weight excluding hydrogens is 300 g/mol. The van der Waals surface area contributed by atoms with E-state index >= 15 is 0 Å². The number of rotatable bonds is 7.